The highest BCUT2D eigenvalue weighted by molar-refractivity contribution is 7.46. The minimum Gasteiger partial charge on any atom is -0.391 e. The lowest BCUT2D eigenvalue weighted by molar-refractivity contribution is 0.0774. The molecule has 0 aliphatic heterocycles. The molecule has 1 atom stereocenters. The first-order chi connectivity index (χ1) is 10.5. The van der Waals surface area contributed by atoms with Crippen molar-refractivity contribution in [1.82, 2.24) is 0 Å². The molecule has 0 aromatic carbocycles. The lowest BCUT2D eigenvalue weighted by atomic mass is 10.0. The van der Waals surface area contributed by atoms with Crippen LogP contribution in [0.2, 0.25) is 0 Å². The molecule has 0 aliphatic rings. The first-order valence-electron chi connectivity index (χ1n) is 8.84. The van der Waals surface area contributed by atoms with Gasteiger partial charge in [-0.05, 0) is 6.42 Å². The zero-order chi connectivity index (χ0) is 16.7. The predicted molar refractivity (Wildman–Crippen MR) is 89.7 cm³/mol. The number of hydrogen-bond acceptors (Lipinski definition) is 3. The summed E-state index contributed by atoms with van der Waals surface area (Å²) < 4.78 is 14.7. The molecule has 1 unspecified atom stereocenters. The van der Waals surface area contributed by atoms with Crippen molar-refractivity contribution in [2.24, 2.45) is 0 Å². The molecule has 134 valence electrons. The van der Waals surface area contributed by atoms with E-state index in [9.17, 15) is 9.67 Å². The number of unbranched alkanes of at least 4 members (excludes halogenated alkanes) is 11. The summed E-state index contributed by atoms with van der Waals surface area (Å²) in [5, 5.41) is 9.51. The van der Waals surface area contributed by atoms with Gasteiger partial charge in [0.1, 0.15) is 0 Å². The van der Waals surface area contributed by atoms with Gasteiger partial charge in [0, 0.05) is 0 Å². The molecule has 0 amide bonds. The van der Waals surface area contributed by atoms with Crippen molar-refractivity contribution in [1.29, 1.82) is 0 Å². The van der Waals surface area contributed by atoms with E-state index in [1.807, 2.05) is 0 Å². The predicted octanol–water partition coefficient (Wildman–Crippen LogP) is 4.55. The fraction of sp³-hybridized carbons (Fsp3) is 1.00. The molecule has 0 aliphatic carbocycles. The molecule has 0 saturated heterocycles. The van der Waals surface area contributed by atoms with Crippen LogP contribution in [-0.2, 0) is 9.09 Å². The third kappa shape index (κ3) is 18.1. The summed E-state index contributed by atoms with van der Waals surface area (Å²) >= 11 is 0. The fourth-order valence-electron chi connectivity index (χ4n) is 2.49. The molecule has 5 nitrogen and oxygen atoms in total. The maximum atomic E-state index is 10.5. The second-order valence-electron chi connectivity index (χ2n) is 6.12. The molecule has 0 spiro atoms. The lowest BCUT2D eigenvalue weighted by Crippen LogP contribution is -2.14. The maximum absolute atomic E-state index is 10.5. The third-order valence-corrected chi connectivity index (χ3v) is 4.31. The van der Waals surface area contributed by atoms with Gasteiger partial charge in [-0.1, -0.05) is 84.0 Å². The van der Waals surface area contributed by atoms with Crippen molar-refractivity contribution in [3.63, 3.8) is 0 Å². The van der Waals surface area contributed by atoms with Gasteiger partial charge in [0.05, 0.1) is 12.7 Å². The minimum absolute atomic E-state index is 0.289. The molecule has 0 aromatic rings. The van der Waals surface area contributed by atoms with E-state index in [0.29, 0.717) is 6.42 Å². The van der Waals surface area contributed by atoms with Crippen LogP contribution in [0.25, 0.3) is 0 Å². The highest BCUT2D eigenvalue weighted by Crippen LogP contribution is 2.35. The fourth-order valence-corrected chi connectivity index (χ4v) is 2.85. The standard InChI is InChI=1S/C16H35O5P/c1-2-3-4-5-6-7-8-9-10-11-12-13-14-16(17)15-21-22(18,19)20/h16-17H,2-15H2,1H3,(H2,18,19,20). The van der Waals surface area contributed by atoms with Crippen LogP contribution in [0.15, 0.2) is 0 Å². The molecule has 6 heteroatoms. The molecule has 0 aromatic heterocycles. The van der Waals surface area contributed by atoms with Crippen molar-refractivity contribution in [2.75, 3.05) is 6.61 Å². The first kappa shape index (κ1) is 22.1. The zero-order valence-electron chi connectivity index (χ0n) is 14.1. The molecule has 0 radical (unpaired) electrons. The molecule has 0 heterocycles. The van der Waals surface area contributed by atoms with Gasteiger partial charge in [-0.3, -0.25) is 4.52 Å². The molecular weight excluding hydrogens is 303 g/mol. The topological polar surface area (TPSA) is 87.0 Å². The van der Waals surface area contributed by atoms with Crippen molar-refractivity contribution >= 4 is 7.82 Å². The summed E-state index contributed by atoms with van der Waals surface area (Å²) in [4.78, 5) is 17.0. The number of rotatable bonds is 16. The Bertz CT molecular complexity index is 280. The molecule has 0 bridgehead atoms. The van der Waals surface area contributed by atoms with Crippen LogP contribution in [0.3, 0.4) is 0 Å². The average molecular weight is 338 g/mol. The Balaban J connectivity index is 3.18. The lowest BCUT2D eigenvalue weighted by Gasteiger charge is -2.11. The smallest absolute Gasteiger partial charge is 0.391 e. The van der Waals surface area contributed by atoms with Crippen molar-refractivity contribution < 1.29 is 24.0 Å². The maximum Gasteiger partial charge on any atom is 0.469 e. The monoisotopic (exact) mass is 338 g/mol. The van der Waals surface area contributed by atoms with E-state index in [1.54, 1.807) is 0 Å². The Hall–Kier alpha value is 0.0700. The molecule has 0 saturated carbocycles. The number of hydrogen-bond donors (Lipinski definition) is 3. The van der Waals surface area contributed by atoms with Crippen LogP contribution < -0.4 is 0 Å². The minimum atomic E-state index is -4.45. The van der Waals surface area contributed by atoms with Gasteiger partial charge >= 0.3 is 7.82 Å². The zero-order valence-corrected chi connectivity index (χ0v) is 15.0. The van der Waals surface area contributed by atoms with E-state index in [-0.39, 0.29) is 6.61 Å². The van der Waals surface area contributed by atoms with Crippen LogP contribution in [0.4, 0.5) is 0 Å². The Morgan fingerprint density at radius 2 is 1.23 bits per heavy atom. The normalized spacial score (nSPS) is 13.5. The highest BCUT2D eigenvalue weighted by atomic mass is 31.2. The molecular formula is C16H35O5P. The van der Waals surface area contributed by atoms with Crippen LogP contribution in [0, 0.1) is 0 Å². The van der Waals surface area contributed by atoms with Gasteiger partial charge in [0.25, 0.3) is 0 Å². The van der Waals surface area contributed by atoms with Crippen LogP contribution in [-0.4, -0.2) is 27.6 Å². The first-order valence-corrected chi connectivity index (χ1v) is 10.4. The van der Waals surface area contributed by atoms with E-state index in [2.05, 4.69) is 11.4 Å². The van der Waals surface area contributed by atoms with E-state index < -0.39 is 13.9 Å². The molecule has 3 N–H and O–H groups in total. The highest BCUT2D eigenvalue weighted by Gasteiger charge is 2.16. The van der Waals surface area contributed by atoms with Gasteiger partial charge in [0.15, 0.2) is 0 Å². The van der Waals surface area contributed by atoms with Crippen molar-refractivity contribution in [3.8, 4) is 0 Å². The number of phosphoric acid groups is 1. The van der Waals surface area contributed by atoms with E-state index in [0.717, 1.165) is 12.8 Å². The summed E-state index contributed by atoms with van der Waals surface area (Å²) in [6.07, 6.45) is 14.9. The average Bonchev–Trinajstić information content (AvgIpc) is 2.45. The van der Waals surface area contributed by atoms with Gasteiger partial charge in [-0.25, -0.2) is 4.57 Å². The van der Waals surface area contributed by atoms with Gasteiger partial charge < -0.3 is 14.9 Å². The second kappa shape index (κ2) is 14.6. The third-order valence-electron chi connectivity index (χ3n) is 3.83. The molecule has 0 rings (SSSR count). The summed E-state index contributed by atoms with van der Waals surface area (Å²) in [5.41, 5.74) is 0. The molecule has 22 heavy (non-hydrogen) atoms. The largest absolute Gasteiger partial charge is 0.469 e. The van der Waals surface area contributed by atoms with E-state index >= 15 is 0 Å². The SMILES string of the molecule is CCCCCCCCCCCCCCC(O)COP(=O)(O)O. The quantitative estimate of drug-likeness (QED) is 0.284. The Labute approximate surface area is 135 Å². The van der Waals surface area contributed by atoms with E-state index in [4.69, 9.17) is 9.79 Å². The van der Waals surface area contributed by atoms with Crippen LogP contribution >= 0.6 is 7.82 Å². The Kier molecular flexibility index (Phi) is 14.7. The number of aliphatic hydroxyl groups excluding tert-OH is 1. The van der Waals surface area contributed by atoms with E-state index in [1.165, 1.54) is 64.2 Å². The van der Waals surface area contributed by atoms with Crippen LogP contribution in [0.5, 0.6) is 0 Å². The Morgan fingerprint density at radius 1 is 0.818 bits per heavy atom. The summed E-state index contributed by atoms with van der Waals surface area (Å²) in [6, 6.07) is 0. The van der Waals surface area contributed by atoms with Gasteiger partial charge in [-0.15, -0.1) is 0 Å². The number of phosphoric ester groups is 1. The Morgan fingerprint density at radius 3 is 1.64 bits per heavy atom. The van der Waals surface area contributed by atoms with Gasteiger partial charge in [0.2, 0.25) is 0 Å². The second-order valence-corrected chi connectivity index (χ2v) is 7.36. The van der Waals surface area contributed by atoms with Crippen molar-refractivity contribution in [2.45, 2.75) is 96.5 Å². The summed E-state index contributed by atoms with van der Waals surface area (Å²) in [5.74, 6) is 0. The van der Waals surface area contributed by atoms with Gasteiger partial charge in [-0.2, -0.15) is 0 Å². The molecule has 0 fully saturated rings. The summed E-state index contributed by atoms with van der Waals surface area (Å²) in [6.45, 7) is 1.95. The van der Waals surface area contributed by atoms with Crippen LogP contribution in [0.1, 0.15) is 90.4 Å². The van der Waals surface area contributed by atoms with Crippen molar-refractivity contribution in [3.05, 3.63) is 0 Å². The summed E-state index contributed by atoms with van der Waals surface area (Å²) in [7, 11) is -4.45. The number of aliphatic hydroxyl groups is 1.